The molecule has 2 amide bonds. The third-order valence-electron chi connectivity index (χ3n) is 7.27. The van der Waals surface area contributed by atoms with Gasteiger partial charge < -0.3 is 24.6 Å². The first kappa shape index (κ1) is 29.2. The van der Waals surface area contributed by atoms with Crippen LogP contribution in [0.2, 0.25) is 5.02 Å². The van der Waals surface area contributed by atoms with Gasteiger partial charge in [-0.05, 0) is 65.2 Å². The van der Waals surface area contributed by atoms with Crippen molar-refractivity contribution < 1.29 is 19.1 Å². The number of carbonyl (C=O) groups excluding carboxylic acids is 2. The highest BCUT2D eigenvalue weighted by Crippen LogP contribution is 2.29. The number of rotatable bonds is 10. The van der Waals surface area contributed by atoms with E-state index in [-0.39, 0.29) is 24.8 Å². The summed E-state index contributed by atoms with van der Waals surface area (Å²) in [6, 6.07) is 31.0. The number of ether oxygens (including phenoxy) is 2. The summed E-state index contributed by atoms with van der Waals surface area (Å²) in [5, 5.41) is 3.66. The summed E-state index contributed by atoms with van der Waals surface area (Å²) in [7, 11) is 1.58. The Morgan fingerprint density at radius 1 is 0.905 bits per heavy atom. The Morgan fingerprint density at radius 3 is 2.31 bits per heavy atom. The van der Waals surface area contributed by atoms with Crippen molar-refractivity contribution in [2.45, 2.75) is 19.0 Å². The Balaban J connectivity index is 1.48. The fourth-order valence-electron chi connectivity index (χ4n) is 5.05. The zero-order valence-electron chi connectivity index (χ0n) is 23.5. The standard InChI is InChI=1S/C34H34ClN3O4/c1-41-31-9-5-8-27(23-31)33(34(40)36-29-14-16-30(17-15-29)37-18-20-42-21-19-37)38(24-26-10-12-28(35)13-11-26)32(39)22-25-6-3-2-4-7-25/h2-17,23,33H,18-22,24H2,1H3,(H,36,40). The summed E-state index contributed by atoms with van der Waals surface area (Å²) in [5.41, 5.74) is 4.09. The normalized spacial score (nSPS) is 13.7. The van der Waals surface area contributed by atoms with E-state index in [1.165, 1.54) is 0 Å². The highest BCUT2D eigenvalue weighted by molar-refractivity contribution is 6.30. The van der Waals surface area contributed by atoms with Crippen LogP contribution in [0.5, 0.6) is 5.75 Å². The molecule has 0 radical (unpaired) electrons. The Morgan fingerprint density at radius 2 is 1.62 bits per heavy atom. The van der Waals surface area contributed by atoms with Crippen LogP contribution in [0.4, 0.5) is 11.4 Å². The van der Waals surface area contributed by atoms with Crippen molar-refractivity contribution in [1.29, 1.82) is 0 Å². The topological polar surface area (TPSA) is 71.1 Å². The summed E-state index contributed by atoms with van der Waals surface area (Å²) in [4.78, 5) is 32.0. The second-order valence-corrected chi connectivity index (χ2v) is 10.6. The first-order valence-corrected chi connectivity index (χ1v) is 14.3. The molecule has 216 valence electrons. The summed E-state index contributed by atoms with van der Waals surface area (Å²) in [5.74, 6) is 0.0988. The third kappa shape index (κ3) is 7.49. The smallest absolute Gasteiger partial charge is 0.251 e. The summed E-state index contributed by atoms with van der Waals surface area (Å²) >= 11 is 6.14. The average molecular weight is 584 g/mol. The molecular weight excluding hydrogens is 550 g/mol. The largest absolute Gasteiger partial charge is 0.497 e. The van der Waals surface area contributed by atoms with E-state index in [9.17, 15) is 9.59 Å². The number of benzene rings is 4. The Kier molecular flexibility index (Phi) is 9.74. The molecule has 7 nitrogen and oxygen atoms in total. The van der Waals surface area contributed by atoms with Crippen LogP contribution in [-0.4, -0.2) is 50.1 Å². The third-order valence-corrected chi connectivity index (χ3v) is 7.52. The lowest BCUT2D eigenvalue weighted by Crippen LogP contribution is -2.41. The molecule has 0 aromatic heterocycles. The molecule has 4 aromatic carbocycles. The monoisotopic (exact) mass is 583 g/mol. The van der Waals surface area contributed by atoms with Gasteiger partial charge in [0.25, 0.3) is 5.91 Å². The van der Waals surface area contributed by atoms with Crippen LogP contribution in [0, 0.1) is 0 Å². The van der Waals surface area contributed by atoms with Gasteiger partial charge in [0, 0.05) is 36.0 Å². The number of methoxy groups -OCH3 is 1. The summed E-state index contributed by atoms with van der Waals surface area (Å²) in [6.07, 6.45) is 0.149. The molecule has 5 rings (SSSR count). The molecule has 1 saturated heterocycles. The van der Waals surface area contributed by atoms with Crippen molar-refractivity contribution >= 4 is 34.8 Å². The maximum absolute atomic E-state index is 14.1. The highest BCUT2D eigenvalue weighted by Gasteiger charge is 2.32. The van der Waals surface area contributed by atoms with Crippen LogP contribution in [0.15, 0.2) is 103 Å². The second-order valence-electron chi connectivity index (χ2n) is 10.1. The van der Waals surface area contributed by atoms with Crippen LogP contribution in [-0.2, 0) is 27.3 Å². The van der Waals surface area contributed by atoms with Gasteiger partial charge in [0.05, 0.1) is 26.7 Å². The molecule has 1 heterocycles. The molecule has 4 aromatic rings. The van der Waals surface area contributed by atoms with Gasteiger partial charge >= 0.3 is 0 Å². The molecule has 1 unspecified atom stereocenters. The minimum atomic E-state index is -0.925. The van der Waals surface area contributed by atoms with E-state index < -0.39 is 6.04 Å². The van der Waals surface area contributed by atoms with Gasteiger partial charge in [-0.25, -0.2) is 0 Å². The van der Waals surface area contributed by atoms with Crippen molar-refractivity contribution in [3.8, 4) is 5.75 Å². The van der Waals surface area contributed by atoms with E-state index in [0.717, 1.165) is 29.9 Å². The zero-order chi connectivity index (χ0) is 29.3. The Hall–Kier alpha value is -4.33. The molecule has 1 atom stereocenters. The van der Waals surface area contributed by atoms with E-state index in [1.807, 2.05) is 84.9 Å². The minimum Gasteiger partial charge on any atom is -0.497 e. The Bertz CT molecular complexity index is 1470. The van der Waals surface area contributed by atoms with E-state index in [0.29, 0.717) is 35.2 Å². The first-order valence-electron chi connectivity index (χ1n) is 14.0. The van der Waals surface area contributed by atoms with Crippen LogP contribution >= 0.6 is 11.6 Å². The number of nitrogens with one attached hydrogen (secondary N) is 1. The van der Waals surface area contributed by atoms with Crippen molar-refractivity contribution in [3.63, 3.8) is 0 Å². The van der Waals surface area contributed by atoms with Gasteiger partial charge in [0.2, 0.25) is 5.91 Å². The van der Waals surface area contributed by atoms with Gasteiger partial charge in [-0.3, -0.25) is 9.59 Å². The number of carbonyl (C=O) groups is 2. The molecule has 8 heteroatoms. The number of anilines is 2. The maximum atomic E-state index is 14.1. The number of nitrogens with zero attached hydrogens (tertiary/aromatic N) is 2. The van der Waals surface area contributed by atoms with Crippen molar-refractivity contribution in [2.24, 2.45) is 0 Å². The predicted molar refractivity (Wildman–Crippen MR) is 166 cm³/mol. The van der Waals surface area contributed by atoms with Crippen LogP contribution in [0.3, 0.4) is 0 Å². The number of hydrogen-bond donors (Lipinski definition) is 1. The average Bonchev–Trinajstić information content (AvgIpc) is 3.03. The van der Waals surface area contributed by atoms with Crippen LogP contribution < -0.4 is 15.0 Å². The second kappa shape index (κ2) is 14.0. The molecule has 1 aliphatic heterocycles. The van der Waals surface area contributed by atoms with Crippen molar-refractivity contribution in [1.82, 2.24) is 4.90 Å². The Labute approximate surface area is 251 Å². The van der Waals surface area contributed by atoms with E-state index in [1.54, 1.807) is 30.2 Å². The minimum absolute atomic E-state index is 0.149. The predicted octanol–water partition coefficient (Wildman–Crippen LogP) is 6.14. The first-order chi connectivity index (χ1) is 20.5. The summed E-state index contributed by atoms with van der Waals surface area (Å²) in [6.45, 7) is 3.26. The van der Waals surface area contributed by atoms with Gasteiger partial charge in [-0.1, -0.05) is 66.2 Å². The molecule has 42 heavy (non-hydrogen) atoms. The maximum Gasteiger partial charge on any atom is 0.251 e. The quantitative estimate of drug-likeness (QED) is 0.243. The van der Waals surface area contributed by atoms with Crippen LogP contribution in [0.1, 0.15) is 22.7 Å². The molecule has 0 bridgehead atoms. The molecule has 0 saturated carbocycles. The van der Waals surface area contributed by atoms with E-state index in [2.05, 4.69) is 10.2 Å². The van der Waals surface area contributed by atoms with E-state index >= 15 is 0 Å². The number of halogens is 1. The fraction of sp³-hybridized carbons (Fsp3) is 0.235. The van der Waals surface area contributed by atoms with Crippen molar-refractivity contribution in [3.05, 3.63) is 125 Å². The fourth-order valence-corrected chi connectivity index (χ4v) is 5.18. The lowest BCUT2D eigenvalue weighted by atomic mass is 10.0. The molecule has 1 N–H and O–H groups in total. The molecule has 0 spiro atoms. The zero-order valence-corrected chi connectivity index (χ0v) is 24.3. The SMILES string of the molecule is COc1cccc(C(C(=O)Nc2ccc(N3CCOCC3)cc2)N(Cc2ccc(Cl)cc2)C(=O)Cc2ccccc2)c1. The van der Waals surface area contributed by atoms with Gasteiger partial charge in [-0.15, -0.1) is 0 Å². The van der Waals surface area contributed by atoms with Gasteiger partial charge in [0.1, 0.15) is 11.8 Å². The molecule has 1 fully saturated rings. The number of amides is 2. The van der Waals surface area contributed by atoms with Gasteiger partial charge in [-0.2, -0.15) is 0 Å². The summed E-state index contributed by atoms with van der Waals surface area (Å²) < 4.78 is 10.9. The van der Waals surface area contributed by atoms with E-state index in [4.69, 9.17) is 21.1 Å². The highest BCUT2D eigenvalue weighted by atomic mass is 35.5. The molecular formula is C34H34ClN3O4. The molecule has 0 aliphatic carbocycles. The lowest BCUT2D eigenvalue weighted by molar-refractivity contribution is -0.139. The van der Waals surface area contributed by atoms with Gasteiger partial charge in [0.15, 0.2) is 0 Å². The van der Waals surface area contributed by atoms with Crippen molar-refractivity contribution in [2.75, 3.05) is 43.6 Å². The number of hydrogen-bond acceptors (Lipinski definition) is 5. The van der Waals surface area contributed by atoms with Crippen LogP contribution in [0.25, 0.3) is 0 Å². The molecule has 1 aliphatic rings. The number of morpholine rings is 1. The lowest BCUT2D eigenvalue weighted by Gasteiger charge is -2.32.